The molecule has 1 aliphatic heterocycles. The summed E-state index contributed by atoms with van der Waals surface area (Å²) in [5, 5.41) is 3.16. The minimum absolute atomic E-state index is 0.191. The predicted octanol–water partition coefficient (Wildman–Crippen LogP) is 2.66. The fourth-order valence-corrected chi connectivity index (χ4v) is 2.87. The van der Waals surface area contributed by atoms with Crippen molar-refractivity contribution in [2.45, 2.75) is 59.4 Å². The molecule has 1 amide bonds. The van der Waals surface area contributed by atoms with Gasteiger partial charge >= 0.3 is 0 Å². The van der Waals surface area contributed by atoms with Gasteiger partial charge in [0, 0.05) is 18.5 Å². The molecule has 3 nitrogen and oxygen atoms in total. The number of hydrogen-bond acceptors (Lipinski definition) is 2. The molecule has 1 fully saturated rings. The molecular weight excluding hydrogens is 224 g/mol. The third kappa shape index (κ3) is 4.27. The number of rotatable bonds is 7. The van der Waals surface area contributed by atoms with E-state index in [1.165, 1.54) is 25.9 Å². The number of carbonyl (C=O) groups is 1. The number of likely N-dealkylation sites (tertiary alicyclic amines) is 1. The maximum absolute atomic E-state index is 12.0. The molecule has 0 bridgehead atoms. The summed E-state index contributed by atoms with van der Waals surface area (Å²) < 4.78 is 0. The molecule has 1 atom stereocenters. The van der Waals surface area contributed by atoms with Crippen molar-refractivity contribution in [3.05, 3.63) is 0 Å². The van der Waals surface area contributed by atoms with Crippen LogP contribution in [-0.4, -0.2) is 36.5 Å². The summed E-state index contributed by atoms with van der Waals surface area (Å²) >= 11 is 0. The molecule has 1 heterocycles. The molecule has 0 aliphatic carbocycles. The maximum atomic E-state index is 12.0. The topological polar surface area (TPSA) is 32.3 Å². The van der Waals surface area contributed by atoms with Crippen LogP contribution >= 0.6 is 0 Å². The van der Waals surface area contributed by atoms with E-state index < -0.39 is 0 Å². The van der Waals surface area contributed by atoms with Gasteiger partial charge in [0.25, 0.3) is 0 Å². The Morgan fingerprint density at radius 1 is 1.17 bits per heavy atom. The third-order valence-corrected chi connectivity index (χ3v) is 4.22. The van der Waals surface area contributed by atoms with Gasteiger partial charge in [-0.3, -0.25) is 9.69 Å². The highest BCUT2D eigenvalue weighted by atomic mass is 16.1. The van der Waals surface area contributed by atoms with E-state index in [1.807, 2.05) is 0 Å². The van der Waals surface area contributed by atoms with E-state index in [9.17, 15) is 4.79 Å². The molecule has 0 aromatic heterocycles. The minimum Gasteiger partial charge on any atom is -0.354 e. The summed E-state index contributed by atoms with van der Waals surface area (Å²) in [6, 6.07) is 0.505. The largest absolute Gasteiger partial charge is 0.354 e. The van der Waals surface area contributed by atoms with Crippen LogP contribution in [0.5, 0.6) is 0 Å². The van der Waals surface area contributed by atoms with Crippen LogP contribution in [0.1, 0.15) is 53.4 Å². The molecule has 0 spiro atoms. The molecule has 3 heteroatoms. The van der Waals surface area contributed by atoms with Gasteiger partial charge in [-0.2, -0.15) is 0 Å². The number of amides is 1. The third-order valence-electron chi connectivity index (χ3n) is 4.22. The zero-order valence-electron chi connectivity index (χ0n) is 12.5. The average molecular weight is 254 g/mol. The molecule has 18 heavy (non-hydrogen) atoms. The number of nitrogens with one attached hydrogen (secondary N) is 1. The molecule has 1 rings (SSSR count). The summed E-state index contributed by atoms with van der Waals surface area (Å²) in [6.45, 7) is 11.9. The van der Waals surface area contributed by atoms with Gasteiger partial charge in [-0.25, -0.2) is 0 Å². The average Bonchev–Trinajstić information content (AvgIpc) is 2.84. The van der Waals surface area contributed by atoms with Crippen molar-refractivity contribution in [3.63, 3.8) is 0 Å². The van der Waals surface area contributed by atoms with E-state index in [0.29, 0.717) is 12.0 Å². The molecular formula is C15H30N2O. The Labute approximate surface area is 112 Å². The fourth-order valence-electron chi connectivity index (χ4n) is 2.87. The van der Waals surface area contributed by atoms with Gasteiger partial charge in [0.15, 0.2) is 0 Å². The lowest BCUT2D eigenvalue weighted by atomic mass is 10.0. The number of hydrogen-bond donors (Lipinski definition) is 1. The van der Waals surface area contributed by atoms with Crippen LogP contribution in [0.3, 0.4) is 0 Å². The SMILES string of the molecule is CCC(CC)C(=O)NCC(C(C)C)N1CCCC1. The van der Waals surface area contributed by atoms with Gasteiger partial charge in [-0.05, 0) is 44.7 Å². The second-order valence-corrected chi connectivity index (χ2v) is 5.81. The van der Waals surface area contributed by atoms with Crippen LogP contribution in [-0.2, 0) is 4.79 Å². The fraction of sp³-hybridized carbons (Fsp3) is 0.933. The van der Waals surface area contributed by atoms with Crippen molar-refractivity contribution in [1.29, 1.82) is 0 Å². The lowest BCUT2D eigenvalue weighted by Crippen LogP contribution is -2.46. The van der Waals surface area contributed by atoms with E-state index in [0.717, 1.165) is 19.4 Å². The van der Waals surface area contributed by atoms with Crippen molar-refractivity contribution >= 4 is 5.91 Å². The highest BCUT2D eigenvalue weighted by Crippen LogP contribution is 2.17. The smallest absolute Gasteiger partial charge is 0.223 e. The molecule has 0 saturated carbocycles. The summed E-state index contributed by atoms with van der Waals surface area (Å²) in [5.74, 6) is 1.03. The molecule has 0 radical (unpaired) electrons. The second kappa shape index (κ2) is 7.78. The van der Waals surface area contributed by atoms with Crippen LogP contribution < -0.4 is 5.32 Å². The van der Waals surface area contributed by atoms with E-state index in [2.05, 4.69) is 37.9 Å². The highest BCUT2D eigenvalue weighted by molar-refractivity contribution is 5.78. The summed E-state index contributed by atoms with van der Waals surface area (Å²) in [6.07, 6.45) is 4.50. The van der Waals surface area contributed by atoms with Crippen LogP contribution in [0.15, 0.2) is 0 Å². The van der Waals surface area contributed by atoms with Crippen molar-refractivity contribution in [1.82, 2.24) is 10.2 Å². The first kappa shape index (κ1) is 15.5. The van der Waals surface area contributed by atoms with Crippen molar-refractivity contribution in [2.75, 3.05) is 19.6 Å². The highest BCUT2D eigenvalue weighted by Gasteiger charge is 2.25. The summed E-state index contributed by atoms with van der Waals surface area (Å²) in [5.41, 5.74) is 0. The minimum atomic E-state index is 0.191. The van der Waals surface area contributed by atoms with Crippen molar-refractivity contribution in [2.24, 2.45) is 11.8 Å². The second-order valence-electron chi connectivity index (χ2n) is 5.81. The van der Waals surface area contributed by atoms with Crippen LogP contribution in [0.4, 0.5) is 0 Å². The Morgan fingerprint density at radius 3 is 2.17 bits per heavy atom. The summed E-state index contributed by atoms with van der Waals surface area (Å²) in [4.78, 5) is 14.6. The first-order valence-corrected chi connectivity index (χ1v) is 7.61. The quantitative estimate of drug-likeness (QED) is 0.757. The molecule has 1 N–H and O–H groups in total. The van der Waals surface area contributed by atoms with E-state index >= 15 is 0 Å². The lowest BCUT2D eigenvalue weighted by molar-refractivity contribution is -0.125. The standard InChI is InChI=1S/C15H30N2O/c1-5-13(6-2)15(18)16-11-14(12(3)4)17-9-7-8-10-17/h12-14H,5-11H2,1-4H3,(H,16,18). The Bertz CT molecular complexity index is 243. The molecule has 106 valence electrons. The zero-order valence-corrected chi connectivity index (χ0v) is 12.5. The summed E-state index contributed by atoms with van der Waals surface area (Å²) in [7, 11) is 0. The zero-order chi connectivity index (χ0) is 13.5. The van der Waals surface area contributed by atoms with Crippen molar-refractivity contribution in [3.8, 4) is 0 Å². The Balaban J connectivity index is 2.44. The van der Waals surface area contributed by atoms with E-state index in [4.69, 9.17) is 0 Å². The molecule has 0 aromatic carbocycles. The normalized spacial score (nSPS) is 18.6. The monoisotopic (exact) mass is 254 g/mol. The van der Waals surface area contributed by atoms with Gasteiger partial charge in [-0.15, -0.1) is 0 Å². The molecule has 1 unspecified atom stereocenters. The first-order valence-electron chi connectivity index (χ1n) is 7.61. The Morgan fingerprint density at radius 2 is 1.72 bits per heavy atom. The Kier molecular flexibility index (Phi) is 6.69. The number of nitrogens with zero attached hydrogens (tertiary/aromatic N) is 1. The van der Waals surface area contributed by atoms with Gasteiger partial charge in [0.1, 0.15) is 0 Å². The molecule has 0 aromatic rings. The van der Waals surface area contributed by atoms with Gasteiger partial charge in [0.05, 0.1) is 0 Å². The molecule has 1 aliphatic rings. The molecule has 1 saturated heterocycles. The van der Waals surface area contributed by atoms with E-state index in [1.54, 1.807) is 0 Å². The lowest BCUT2D eigenvalue weighted by Gasteiger charge is -2.31. The maximum Gasteiger partial charge on any atom is 0.223 e. The van der Waals surface area contributed by atoms with Gasteiger partial charge < -0.3 is 5.32 Å². The first-order chi connectivity index (χ1) is 8.60. The van der Waals surface area contributed by atoms with Crippen LogP contribution in [0, 0.1) is 11.8 Å². The van der Waals surface area contributed by atoms with Crippen LogP contribution in [0.25, 0.3) is 0 Å². The van der Waals surface area contributed by atoms with Gasteiger partial charge in [-0.1, -0.05) is 27.7 Å². The number of carbonyl (C=O) groups excluding carboxylic acids is 1. The Hall–Kier alpha value is -0.570. The van der Waals surface area contributed by atoms with Gasteiger partial charge in [0.2, 0.25) is 5.91 Å². The van der Waals surface area contributed by atoms with Crippen LogP contribution in [0.2, 0.25) is 0 Å². The van der Waals surface area contributed by atoms with E-state index in [-0.39, 0.29) is 11.8 Å². The van der Waals surface area contributed by atoms with Crippen molar-refractivity contribution < 1.29 is 4.79 Å². The predicted molar refractivity (Wildman–Crippen MR) is 76.5 cm³/mol.